The Morgan fingerprint density at radius 3 is 2.33 bits per heavy atom. The van der Waals surface area contributed by atoms with Crippen molar-refractivity contribution in [3.63, 3.8) is 0 Å². The van der Waals surface area contributed by atoms with Crippen LogP contribution in [0.3, 0.4) is 0 Å². The van der Waals surface area contributed by atoms with Crippen molar-refractivity contribution >= 4 is 5.78 Å². The summed E-state index contributed by atoms with van der Waals surface area (Å²) in [5.41, 5.74) is 5.18. The molecule has 0 amide bonds. The number of nitrogens with zero attached hydrogens (tertiary/aromatic N) is 1. The number of carbonyl (C=O) groups is 1. The molecule has 2 nitrogen and oxygen atoms in total. The van der Waals surface area contributed by atoms with E-state index in [1.165, 1.54) is 22.4 Å². The molecule has 0 aromatic carbocycles. The van der Waals surface area contributed by atoms with Gasteiger partial charge in [-0.15, -0.1) is 0 Å². The Hall–Kier alpha value is -1.18. The smallest absolute Gasteiger partial charge is 0.206 e. The summed E-state index contributed by atoms with van der Waals surface area (Å²) in [5, 5.41) is 0. The number of carbonyl (C=O) groups excluding carboxylic acids is 1. The molecule has 2 heteroatoms. The lowest BCUT2D eigenvalue weighted by molar-refractivity contribution is -0.692. The molecule has 0 bridgehead atoms. The molecule has 0 aliphatic rings. The largest absolute Gasteiger partial charge is 0.293 e. The van der Waals surface area contributed by atoms with Gasteiger partial charge in [0.2, 0.25) is 6.54 Å². The second kappa shape index (κ2) is 4.56. The maximum atomic E-state index is 11.2. The summed E-state index contributed by atoms with van der Waals surface area (Å²) in [6.07, 6.45) is 3.06. The number of pyridine rings is 1. The van der Waals surface area contributed by atoms with Crippen molar-refractivity contribution in [3.8, 4) is 0 Å². The van der Waals surface area contributed by atoms with Gasteiger partial charge in [-0.3, -0.25) is 4.79 Å². The average molecular weight is 206 g/mol. The zero-order chi connectivity index (χ0) is 11.6. The number of Topliss-reactive ketones (excluding diaryl/α,β-unsaturated/α-hetero) is 1. The van der Waals surface area contributed by atoms with Crippen LogP contribution >= 0.6 is 0 Å². The van der Waals surface area contributed by atoms with Crippen LogP contribution in [0.2, 0.25) is 0 Å². The molecule has 0 radical (unpaired) electrons. The van der Waals surface area contributed by atoms with E-state index in [-0.39, 0.29) is 5.78 Å². The normalized spacial score (nSPS) is 10.5. The van der Waals surface area contributed by atoms with Crippen LogP contribution in [0.15, 0.2) is 6.20 Å². The van der Waals surface area contributed by atoms with Crippen LogP contribution in [0.4, 0.5) is 0 Å². The van der Waals surface area contributed by atoms with Crippen LogP contribution in [0.25, 0.3) is 0 Å². The van der Waals surface area contributed by atoms with Crippen molar-refractivity contribution in [1.82, 2.24) is 0 Å². The summed E-state index contributed by atoms with van der Waals surface area (Å²) in [7, 11) is 0. The third-order valence-corrected chi connectivity index (χ3v) is 3.01. The Labute approximate surface area is 91.9 Å². The molecule has 0 saturated carbocycles. The number of hydrogen-bond acceptors (Lipinski definition) is 1. The minimum atomic E-state index is 0.206. The third-order valence-electron chi connectivity index (χ3n) is 3.01. The van der Waals surface area contributed by atoms with Crippen molar-refractivity contribution in [3.05, 3.63) is 28.6 Å². The molecule has 1 aromatic rings. The van der Waals surface area contributed by atoms with Gasteiger partial charge in [0.1, 0.15) is 0 Å². The fourth-order valence-corrected chi connectivity index (χ4v) is 1.99. The molecule has 1 heterocycles. The van der Waals surface area contributed by atoms with Crippen molar-refractivity contribution in [1.29, 1.82) is 0 Å². The molecule has 1 aromatic heterocycles. The second-order valence-corrected chi connectivity index (χ2v) is 4.19. The molecule has 0 aliphatic heterocycles. The first-order valence-electron chi connectivity index (χ1n) is 5.46. The van der Waals surface area contributed by atoms with Crippen molar-refractivity contribution in [2.45, 2.75) is 47.6 Å². The lowest BCUT2D eigenvalue weighted by Crippen LogP contribution is -2.42. The second-order valence-electron chi connectivity index (χ2n) is 4.19. The van der Waals surface area contributed by atoms with E-state index in [0.29, 0.717) is 6.54 Å². The first kappa shape index (κ1) is 11.9. The monoisotopic (exact) mass is 206 g/mol. The van der Waals surface area contributed by atoms with E-state index in [1.807, 2.05) is 0 Å². The summed E-state index contributed by atoms with van der Waals surface area (Å²) in [5.74, 6) is 0.206. The topological polar surface area (TPSA) is 20.9 Å². The van der Waals surface area contributed by atoms with Gasteiger partial charge >= 0.3 is 0 Å². The van der Waals surface area contributed by atoms with Gasteiger partial charge in [-0.2, -0.15) is 4.57 Å². The number of aromatic nitrogens is 1. The molecule has 0 spiro atoms. The molecule has 0 unspecified atom stereocenters. The number of rotatable bonds is 3. The first-order valence-corrected chi connectivity index (χ1v) is 5.46. The molecule has 0 aliphatic carbocycles. The van der Waals surface area contributed by atoms with Gasteiger partial charge in [-0.05, 0) is 26.3 Å². The molecule has 15 heavy (non-hydrogen) atoms. The zero-order valence-corrected chi connectivity index (χ0v) is 10.3. The van der Waals surface area contributed by atoms with Gasteiger partial charge in [0.25, 0.3) is 0 Å². The van der Waals surface area contributed by atoms with E-state index in [1.54, 1.807) is 6.92 Å². The lowest BCUT2D eigenvalue weighted by atomic mass is 10.0. The van der Waals surface area contributed by atoms with E-state index in [9.17, 15) is 4.79 Å². The highest BCUT2D eigenvalue weighted by Gasteiger charge is 2.17. The van der Waals surface area contributed by atoms with Crippen LogP contribution in [0.5, 0.6) is 0 Å². The van der Waals surface area contributed by atoms with E-state index in [4.69, 9.17) is 0 Å². The fraction of sp³-hybridized carbons (Fsp3) is 0.538. The first-order chi connectivity index (χ1) is 6.97. The highest BCUT2D eigenvalue weighted by atomic mass is 16.1. The minimum Gasteiger partial charge on any atom is -0.293 e. The van der Waals surface area contributed by atoms with Crippen LogP contribution in [-0.4, -0.2) is 5.78 Å². The molecule has 0 atom stereocenters. The van der Waals surface area contributed by atoms with Gasteiger partial charge in [0.15, 0.2) is 17.7 Å². The Balaban J connectivity index is 3.31. The Morgan fingerprint density at radius 1 is 1.27 bits per heavy atom. The fourth-order valence-electron chi connectivity index (χ4n) is 1.99. The Morgan fingerprint density at radius 2 is 1.87 bits per heavy atom. The number of ketones is 1. The van der Waals surface area contributed by atoms with Crippen LogP contribution in [0, 0.1) is 20.8 Å². The zero-order valence-electron chi connectivity index (χ0n) is 10.3. The van der Waals surface area contributed by atoms with Gasteiger partial charge in [0.05, 0.1) is 0 Å². The maximum Gasteiger partial charge on any atom is 0.206 e. The maximum absolute atomic E-state index is 11.2. The van der Waals surface area contributed by atoms with Gasteiger partial charge < -0.3 is 0 Å². The van der Waals surface area contributed by atoms with Crippen LogP contribution in [0.1, 0.15) is 36.2 Å². The minimum absolute atomic E-state index is 0.206. The molecular formula is C13H20NO+. The standard InChI is InChI=1S/C13H20NO/c1-6-13-12(5)11(4)9(2)7-14(13)8-10(3)15/h7H,6,8H2,1-5H3/q+1. The average Bonchev–Trinajstić information content (AvgIpc) is 2.14. The van der Waals surface area contributed by atoms with Gasteiger partial charge in [0, 0.05) is 24.5 Å². The summed E-state index contributed by atoms with van der Waals surface area (Å²) in [6.45, 7) is 10.6. The number of hydrogen-bond donors (Lipinski definition) is 0. The summed E-state index contributed by atoms with van der Waals surface area (Å²) in [4.78, 5) is 11.2. The van der Waals surface area contributed by atoms with Crippen LogP contribution < -0.4 is 4.57 Å². The van der Waals surface area contributed by atoms with E-state index >= 15 is 0 Å². The predicted octanol–water partition coefficient (Wildman–Crippen LogP) is 2.05. The van der Waals surface area contributed by atoms with Crippen molar-refractivity contribution in [2.24, 2.45) is 0 Å². The van der Waals surface area contributed by atoms with Crippen molar-refractivity contribution in [2.75, 3.05) is 0 Å². The Bertz CT molecular complexity index is 394. The van der Waals surface area contributed by atoms with E-state index in [0.717, 1.165) is 6.42 Å². The molecule has 1 rings (SSSR count). The summed E-state index contributed by atoms with van der Waals surface area (Å²) in [6, 6.07) is 0. The summed E-state index contributed by atoms with van der Waals surface area (Å²) >= 11 is 0. The lowest BCUT2D eigenvalue weighted by Gasteiger charge is -2.09. The highest BCUT2D eigenvalue weighted by Crippen LogP contribution is 2.13. The van der Waals surface area contributed by atoms with Crippen LogP contribution in [-0.2, 0) is 17.8 Å². The molecule has 0 saturated heterocycles. The summed E-state index contributed by atoms with van der Waals surface area (Å²) < 4.78 is 2.08. The molecule has 0 N–H and O–H groups in total. The SMILES string of the molecule is CCc1c(C)c(C)c(C)c[n+]1CC(C)=O. The van der Waals surface area contributed by atoms with Crippen molar-refractivity contribution < 1.29 is 9.36 Å². The predicted molar refractivity (Wildman–Crippen MR) is 60.9 cm³/mol. The quantitative estimate of drug-likeness (QED) is 0.693. The van der Waals surface area contributed by atoms with Gasteiger partial charge in [-0.1, -0.05) is 6.92 Å². The molecular weight excluding hydrogens is 186 g/mol. The van der Waals surface area contributed by atoms with Gasteiger partial charge in [-0.25, -0.2) is 0 Å². The highest BCUT2D eigenvalue weighted by molar-refractivity contribution is 5.73. The number of aryl methyl sites for hydroxylation is 1. The molecule has 82 valence electrons. The molecule has 0 fully saturated rings. The van der Waals surface area contributed by atoms with E-state index < -0.39 is 0 Å². The van der Waals surface area contributed by atoms with E-state index in [2.05, 4.69) is 38.5 Å². The Kier molecular flexibility index (Phi) is 3.61. The third kappa shape index (κ3) is 2.44.